The first-order valence-corrected chi connectivity index (χ1v) is 9.57. The van der Waals surface area contributed by atoms with Crippen LogP contribution in [0.15, 0.2) is 91.1 Å². The molecule has 7 heteroatoms. The summed E-state index contributed by atoms with van der Waals surface area (Å²) >= 11 is 0. The Kier molecular flexibility index (Phi) is 5.58. The van der Waals surface area contributed by atoms with Crippen molar-refractivity contribution in [3.05, 3.63) is 108 Å². The first kappa shape index (κ1) is 20.4. The van der Waals surface area contributed by atoms with E-state index in [1.165, 1.54) is 18.2 Å². The molecule has 1 N–H and O–H groups in total. The minimum atomic E-state index is -4.61. The van der Waals surface area contributed by atoms with Gasteiger partial charge < -0.3 is 5.32 Å². The molecule has 0 atom stereocenters. The van der Waals surface area contributed by atoms with E-state index in [1.807, 2.05) is 60.7 Å². The molecule has 0 aliphatic rings. The summed E-state index contributed by atoms with van der Waals surface area (Å²) in [6.45, 7) is 0.0298. The van der Waals surface area contributed by atoms with Gasteiger partial charge in [0, 0.05) is 23.9 Å². The van der Waals surface area contributed by atoms with Crippen molar-refractivity contribution in [3.63, 3.8) is 0 Å². The monoisotopic (exact) mass is 421 g/mol. The van der Waals surface area contributed by atoms with Gasteiger partial charge in [-0.1, -0.05) is 60.7 Å². The number of benzene rings is 3. The Hall–Kier alpha value is -3.87. The fourth-order valence-corrected chi connectivity index (χ4v) is 3.29. The molecule has 0 fully saturated rings. The third-order valence-electron chi connectivity index (χ3n) is 4.77. The molecule has 4 nitrogen and oxygen atoms in total. The van der Waals surface area contributed by atoms with E-state index in [-0.39, 0.29) is 6.54 Å². The maximum absolute atomic E-state index is 13.3. The van der Waals surface area contributed by atoms with Crippen LogP contribution in [0.25, 0.3) is 16.9 Å². The van der Waals surface area contributed by atoms with Crippen molar-refractivity contribution in [1.82, 2.24) is 15.1 Å². The van der Waals surface area contributed by atoms with E-state index in [1.54, 1.807) is 10.9 Å². The summed E-state index contributed by atoms with van der Waals surface area (Å²) in [6, 6.07) is 23.6. The summed E-state index contributed by atoms with van der Waals surface area (Å²) in [5.74, 6) is -0.792. The lowest BCUT2D eigenvalue weighted by atomic mass is 10.1. The summed E-state index contributed by atoms with van der Waals surface area (Å²) < 4.78 is 41.5. The highest BCUT2D eigenvalue weighted by Crippen LogP contribution is 2.32. The highest BCUT2D eigenvalue weighted by Gasteiger charge is 2.34. The van der Waals surface area contributed by atoms with Crippen molar-refractivity contribution in [1.29, 1.82) is 0 Å². The predicted octanol–water partition coefficient (Wildman–Crippen LogP) is 5.49. The van der Waals surface area contributed by atoms with E-state index < -0.39 is 23.2 Å². The van der Waals surface area contributed by atoms with Crippen LogP contribution in [0.2, 0.25) is 0 Å². The minimum Gasteiger partial charge on any atom is -0.348 e. The van der Waals surface area contributed by atoms with Crippen LogP contribution in [-0.2, 0) is 12.7 Å². The van der Waals surface area contributed by atoms with E-state index in [0.717, 1.165) is 17.3 Å². The standard InChI is InChI=1S/C24H18F3N3O/c25-24(26,27)21-14-8-7-13-20(21)23(31)28-15-18-16-30(19-11-5-2-6-12-19)29-22(18)17-9-3-1-4-10-17/h1-14,16H,15H2,(H,28,31). The van der Waals surface area contributed by atoms with Crippen LogP contribution >= 0.6 is 0 Å². The highest BCUT2D eigenvalue weighted by molar-refractivity contribution is 5.95. The van der Waals surface area contributed by atoms with Gasteiger partial charge >= 0.3 is 6.18 Å². The van der Waals surface area contributed by atoms with Gasteiger partial charge in [0.2, 0.25) is 0 Å². The number of alkyl halides is 3. The minimum absolute atomic E-state index is 0.0298. The molecule has 0 bridgehead atoms. The van der Waals surface area contributed by atoms with Crippen molar-refractivity contribution in [3.8, 4) is 16.9 Å². The molecule has 0 spiro atoms. The first-order chi connectivity index (χ1) is 14.9. The molecule has 1 aromatic heterocycles. The molecular weight excluding hydrogens is 403 g/mol. The second kappa shape index (κ2) is 8.47. The summed E-state index contributed by atoms with van der Waals surface area (Å²) in [4.78, 5) is 12.6. The van der Waals surface area contributed by atoms with Gasteiger partial charge in [0.25, 0.3) is 5.91 Å². The van der Waals surface area contributed by atoms with E-state index in [0.29, 0.717) is 11.3 Å². The molecule has 3 aromatic carbocycles. The smallest absolute Gasteiger partial charge is 0.348 e. The van der Waals surface area contributed by atoms with E-state index >= 15 is 0 Å². The molecule has 0 saturated carbocycles. The molecule has 1 heterocycles. The maximum atomic E-state index is 13.3. The number of nitrogens with zero attached hydrogens (tertiary/aromatic N) is 2. The van der Waals surface area contributed by atoms with Crippen molar-refractivity contribution in [2.75, 3.05) is 0 Å². The molecule has 1 amide bonds. The fourth-order valence-electron chi connectivity index (χ4n) is 3.29. The normalized spacial score (nSPS) is 11.3. The number of rotatable bonds is 5. The average molecular weight is 421 g/mol. The fraction of sp³-hybridized carbons (Fsp3) is 0.0833. The number of halogens is 3. The largest absolute Gasteiger partial charge is 0.417 e. The Morgan fingerprint density at radius 1 is 0.871 bits per heavy atom. The molecule has 4 aromatic rings. The van der Waals surface area contributed by atoms with Crippen molar-refractivity contribution in [2.24, 2.45) is 0 Å². The zero-order valence-corrected chi connectivity index (χ0v) is 16.3. The number of carbonyl (C=O) groups excluding carboxylic acids is 1. The maximum Gasteiger partial charge on any atom is 0.417 e. The van der Waals surface area contributed by atoms with Gasteiger partial charge in [0.15, 0.2) is 0 Å². The third kappa shape index (κ3) is 4.50. The number of carbonyl (C=O) groups is 1. The highest BCUT2D eigenvalue weighted by atomic mass is 19.4. The van der Waals surface area contributed by atoms with Gasteiger partial charge in [-0.25, -0.2) is 4.68 Å². The quantitative estimate of drug-likeness (QED) is 0.463. The van der Waals surface area contributed by atoms with E-state index in [2.05, 4.69) is 10.4 Å². The lowest BCUT2D eigenvalue weighted by Gasteiger charge is -2.12. The molecule has 31 heavy (non-hydrogen) atoms. The average Bonchev–Trinajstić information content (AvgIpc) is 3.22. The lowest BCUT2D eigenvalue weighted by molar-refractivity contribution is -0.137. The SMILES string of the molecule is O=C(NCc1cn(-c2ccccc2)nc1-c1ccccc1)c1ccccc1C(F)(F)F. The Morgan fingerprint density at radius 3 is 2.16 bits per heavy atom. The number of para-hydroxylation sites is 1. The van der Waals surface area contributed by atoms with Crippen molar-refractivity contribution < 1.29 is 18.0 Å². The van der Waals surface area contributed by atoms with Gasteiger partial charge in [-0.3, -0.25) is 4.79 Å². The van der Waals surface area contributed by atoms with Gasteiger partial charge in [0.1, 0.15) is 0 Å². The number of aromatic nitrogens is 2. The van der Waals surface area contributed by atoms with Crippen LogP contribution in [0, 0.1) is 0 Å². The van der Waals surface area contributed by atoms with Crippen LogP contribution in [0.3, 0.4) is 0 Å². The number of hydrogen-bond acceptors (Lipinski definition) is 2. The third-order valence-corrected chi connectivity index (χ3v) is 4.77. The predicted molar refractivity (Wildman–Crippen MR) is 112 cm³/mol. The summed E-state index contributed by atoms with van der Waals surface area (Å²) in [5.41, 5.74) is 1.64. The Morgan fingerprint density at radius 2 is 1.48 bits per heavy atom. The van der Waals surface area contributed by atoms with Crippen LogP contribution < -0.4 is 5.32 Å². The summed E-state index contributed by atoms with van der Waals surface area (Å²) in [6.07, 6.45) is -2.84. The van der Waals surface area contributed by atoms with Gasteiger partial charge in [-0.15, -0.1) is 0 Å². The molecule has 0 radical (unpaired) electrons. The topological polar surface area (TPSA) is 46.9 Å². The Labute approximate surface area is 177 Å². The molecule has 0 unspecified atom stereocenters. The van der Waals surface area contributed by atoms with E-state index in [9.17, 15) is 18.0 Å². The molecule has 156 valence electrons. The van der Waals surface area contributed by atoms with E-state index in [4.69, 9.17) is 0 Å². The Balaban J connectivity index is 1.64. The summed E-state index contributed by atoms with van der Waals surface area (Å²) in [5, 5.41) is 7.25. The van der Waals surface area contributed by atoms with Gasteiger partial charge in [0.05, 0.1) is 22.5 Å². The van der Waals surface area contributed by atoms with Crippen LogP contribution in [0.1, 0.15) is 21.5 Å². The van der Waals surface area contributed by atoms with Crippen LogP contribution in [-0.4, -0.2) is 15.7 Å². The second-order valence-corrected chi connectivity index (χ2v) is 6.88. The van der Waals surface area contributed by atoms with Crippen LogP contribution in [0.4, 0.5) is 13.2 Å². The van der Waals surface area contributed by atoms with Crippen molar-refractivity contribution >= 4 is 5.91 Å². The molecule has 0 aliphatic heterocycles. The summed E-state index contributed by atoms with van der Waals surface area (Å²) in [7, 11) is 0. The molecule has 0 saturated heterocycles. The number of hydrogen-bond donors (Lipinski definition) is 1. The van der Waals surface area contributed by atoms with Crippen LogP contribution in [0.5, 0.6) is 0 Å². The molecule has 0 aliphatic carbocycles. The first-order valence-electron chi connectivity index (χ1n) is 9.57. The zero-order chi connectivity index (χ0) is 21.8. The second-order valence-electron chi connectivity index (χ2n) is 6.88. The lowest BCUT2D eigenvalue weighted by Crippen LogP contribution is -2.26. The van der Waals surface area contributed by atoms with Crippen molar-refractivity contribution in [2.45, 2.75) is 12.7 Å². The van der Waals surface area contributed by atoms with Gasteiger partial charge in [-0.2, -0.15) is 18.3 Å². The Bertz CT molecular complexity index is 1190. The molecule has 4 rings (SSSR count). The molecular formula is C24H18F3N3O. The number of nitrogens with one attached hydrogen (secondary N) is 1. The zero-order valence-electron chi connectivity index (χ0n) is 16.3. The van der Waals surface area contributed by atoms with Gasteiger partial charge in [-0.05, 0) is 24.3 Å². The number of amides is 1.